The fourth-order valence-electron chi connectivity index (χ4n) is 2.09. The SMILES string of the molecule is CC(=O)SCC1Oc2ccc(CCC(=O)NC(C)C(=O)O)cc2O1. The molecule has 24 heavy (non-hydrogen) atoms. The second-order valence-corrected chi connectivity index (χ2v) is 6.57. The Hall–Kier alpha value is -2.22. The molecule has 0 fully saturated rings. The Balaban J connectivity index is 1.85. The van der Waals surface area contributed by atoms with Crippen molar-refractivity contribution in [3.05, 3.63) is 23.8 Å². The van der Waals surface area contributed by atoms with Gasteiger partial charge >= 0.3 is 5.97 Å². The van der Waals surface area contributed by atoms with Crippen molar-refractivity contribution in [1.82, 2.24) is 5.32 Å². The summed E-state index contributed by atoms with van der Waals surface area (Å²) in [6, 6.07) is 4.48. The smallest absolute Gasteiger partial charge is 0.325 e. The van der Waals surface area contributed by atoms with E-state index in [0.717, 1.165) is 17.3 Å². The van der Waals surface area contributed by atoms with E-state index in [2.05, 4.69) is 5.32 Å². The topological polar surface area (TPSA) is 102 Å². The maximum absolute atomic E-state index is 11.7. The Bertz CT molecular complexity index is 647. The molecule has 0 aromatic heterocycles. The number of hydrogen-bond acceptors (Lipinski definition) is 6. The number of nitrogens with one attached hydrogen (secondary N) is 1. The minimum atomic E-state index is -1.07. The maximum Gasteiger partial charge on any atom is 0.325 e. The van der Waals surface area contributed by atoms with Crippen LogP contribution in [0.5, 0.6) is 11.5 Å². The molecule has 0 radical (unpaired) electrons. The third kappa shape index (κ3) is 5.16. The standard InChI is InChI=1S/C16H19NO6S/c1-9(16(20)21)17-14(19)6-4-11-3-5-12-13(7-11)23-15(22-12)8-24-10(2)18/h3,5,7,9,15H,4,6,8H2,1-2H3,(H,17,19)(H,20,21). The molecule has 0 aliphatic carbocycles. The number of carboxylic acid groups (broad SMARTS) is 1. The summed E-state index contributed by atoms with van der Waals surface area (Å²) in [5.41, 5.74) is 0.885. The summed E-state index contributed by atoms with van der Waals surface area (Å²) in [5, 5.41) is 11.2. The first-order valence-electron chi connectivity index (χ1n) is 7.47. The lowest BCUT2D eigenvalue weighted by atomic mass is 10.1. The van der Waals surface area contributed by atoms with E-state index in [-0.39, 0.29) is 17.4 Å². The van der Waals surface area contributed by atoms with Crippen molar-refractivity contribution in [3.8, 4) is 11.5 Å². The van der Waals surface area contributed by atoms with E-state index in [1.54, 1.807) is 12.1 Å². The molecule has 2 unspecified atom stereocenters. The highest BCUT2D eigenvalue weighted by atomic mass is 32.2. The summed E-state index contributed by atoms with van der Waals surface area (Å²) in [5.74, 6) is 0.214. The van der Waals surface area contributed by atoms with E-state index in [0.29, 0.717) is 23.7 Å². The second kappa shape index (κ2) is 8.05. The zero-order chi connectivity index (χ0) is 17.7. The molecule has 2 atom stereocenters. The van der Waals surface area contributed by atoms with E-state index < -0.39 is 18.3 Å². The lowest BCUT2D eigenvalue weighted by Gasteiger charge is -2.09. The Kier molecular flexibility index (Phi) is 6.08. The maximum atomic E-state index is 11.7. The molecule has 8 heteroatoms. The van der Waals surface area contributed by atoms with Crippen LogP contribution in [0.25, 0.3) is 0 Å². The number of fused-ring (bicyclic) bond motifs is 1. The van der Waals surface area contributed by atoms with Gasteiger partial charge in [-0.3, -0.25) is 14.4 Å². The summed E-state index contributed by atoms with van der Waals surface area (Å²) in [7, 11) is 0. The normalized spacial score (nSPS) is 16.5. The van der Waals surface area contributed by atoms with E-state index in [4.69, 9.17) is 14.6 Å². The number of carbonyl (C=O) groups is 3. The summed E-state index contributed by atoms with van der Waals surface area (Å²) >= 11 is 1.14. The van der Waals surface area contributed by atoms with Crippen LogP contribution in [0, 0.1) is 0 Å². The number of hydrogen-bond donors (Lipinski definition) is 2. The molecule has 0 saturated heterocycles. The highest BCUT2D eigenvalue weighted by Crippen LogP contribution is 2.36. The summed E-state index contributed by atoms with van der Waals surface area (Å²) in [4.78, 5) is 33.4. The first-order valence-corrected chi connectivity index (χ1v) is 8.45. The van der Waals surface area contributed by atoms with Crippen LogP contribution in [0.2, 0.25) is 0 Å². The highest BCUT2D eigenvalue weighted by molar-refractivity contribution is 8.13. The van der Waals surface area contributed by atoms with Gasteiger partial charge in [0.2, 0.25) is 5.91 Å². The van der Waals surface area contributed by atoms with Crippen molar-refractivity contribution in [2.75, 3.05) is 5.75 Å². The number of carboxylic acids is 1. The molecule has 2 rings (SSSR count). The molecule has 1 aliphatic heterocycles. The monoisotopic (exact) mass is 353 g/mol. The molecule has 0 bridgehead atoms. The van der Waals surface area contributed by atoms with Gasteiger partial charge in [0.05, 0.1) is 5.75 Å². The van der Waals surface area contributed by atoms with Gasteiger partial charge in [-0.1, -0.05) is 17.8 Å². The minimum absolute atomic E-state index is 0.000414. The van der Waals surface area contributed by atoms with E-state index in [1.165, 1.54) is 13.8 Å². The van der Waals surface area contributed by atoms with Crippen LogP contribution in [0.15, 0.2) is 18.2 Å². The average molecular weight is 353 g/mol. The van der Waals surface area contributed by atoms with Gasteiger partial charge in [0.15, 0.2) is 16.6 Å². The number of rotatable bonds is 7. The van der Waals surface area contributed by atoms with Crippen molar-refractivity contribution in [3.63, 3.8) is 0 Å². The molecule has 0 spiro atoms. The van der Waals surface area contributed by atoms with E-state index in [1.807, 2.05) is 6.07 Å². The number of amides is 1. The van der Waals surface area contributed by atoms with Crippen LogP contribution in [-0.2, 0) is 20.8 Å². The number of ether oxygens (including phenoxy) is 2. The molecule has 7 nitrogen and oxygen atoms in total. The number of carbonyl (C=O) groups excluding carboxylic acids is 2. The molecule has 0 saturated carbocycles. The van der Waals surface area contributed by atoms with Crippen molar-refractivity contribution < 1.29 is 29.0 Å². The summed E-state index contributed by atoms with van der Waals surface area (Å²) in [6.45, 7) is 2.90. The van der Waals surface area contributed by atoms with Gasteiger partial charge in [0.25, 0.3) is 6.29 Å². The fraction of sp³-hybridized carbons (Fsp3) is 0.438. The summed E-state index contributed by atoms with van der Waals surface area (Å²) < 4.78 is 11.2. The van der Waals surface area contributed by atoms with Gasteiger partial charge in [0.1, 0.15) is 6.04 Å². The fourth-order valence-corrected chi connectivity index (χ4v) is 2.60. The van der Waals surface area contributed by atoms with Crippen LogP contribution in [0.4, 0.5) is 0 Å². The van der Waals surface area contributed by atoms with Crippen LogP contribution in [0.1, 0.15) is 25.8 Å². The molecular weight excluding hydrogens is 334 g/mol. The predicted molar refractivity (Wildman–Crippen MR) is 88.2 cm³/mol. The largest absolute Gasteiger partial charge is 0.480 e. The third-order valence-corrected chi connectivity index (χ3v) is 4.18. The number of aliphatic carboxylic acids is 1. The third-order valence-electron chi connectivity index (χ3n) is 3.34. The van der Waals surface area contributed by atoms with Gasteiger partial charge in [-0.25, -0.2) is 0 Å². The Morgan fingerprint density at radius 1 is 1.29 bits per heavy atom. The van der Waals surface area contributed by atoms with Crippen LogP contribution in [0.3, 0.4) is 0 Å². The van der Waals surface area contributed by atoms with Gasteiger partial charge < -0.3 is 19.9 Å². The van der Waals surface area contributed by atoms with Crippen molar-refractivity contribution in [2.45, 2.75) is 39.0 Å². The average Bonchev–Trinajstić information content (AvgIpc) is 2.92. The zero-order valence-corrected chi connectivity index (χ0v) is 14.2. The molecular formula is C16H19NO6S. The molecule has 1 aromatic carbocycles. The Labute approximate surface area is 143 Å². The molecule has 1 aliphatic rings. The Morgan fingerprint density at radius 2 is 2.00 bits per heavy atom. The summed E-state index contributed by atoms with van der Waals surface area (Å²) in [6.07, 6.45) is 0.145. The van der Waals surface area contributed by atoms with E-state index >= 15 is 0 Å². The van der Waals surface area contributed by atoms with Crippen LogP contribution in [-0.4, -0.2) is 40.2 Å². The number of benzene rings is 1. The van der Waals surface area contributed by atoms with Crippen molar-refractivity contribution in [1.29, 1.82) is 0 Å². The molecule has 2 N–H and O–H groups in total. The van der Waals surface area contributed by atoms with Crippen molar-refractivity contribution in [2.24, 2.45) is 0 Å². The van der Waals surface area contributed by atoms with E-state index in [9.17, 15) is 14.4 Å². The van der Waals surface area contributed by atoms with Crippen LogP contribution < -0.4 is 14.8 Å². The van der Waals surface area contributed by atoms with Crippen molar-refractivity contribution >= 4 is 28.8 Å². The van der Waals surface area contributed by atoms with Gasteiger partial charge in [0, 0.05) is 13.3 Å². The Morgan fingerprint density at radius 3 is 2.67 bits per heavy atom. The minimum Gasteiger partial charge on any atom is -0.480 e. The first-order chi connectivity index (χ1) is 11.3. The highest BCUT2D eigenvalue weighted by Gasteiger charge is 2.25. The lowest BCUT2D eigenvalue weighted by Crippen LogP contribution is -2.38. The second-order valence-electron chi connectivity index (χ2n) is 5.38. The number of thioether (sulfide) groups is 1. The van der Waals surface area contributed by atoms with Crippen LogP contribution >= 0.6 is 11.8 Å². The van der Waals surface area contributed by atoms with Gasteiger partial charge in [-0.15, -0.1) is 0 Å². The van der Waals surface area contributed by atoms with Gasteiger partial charge in [-0.05, 0) is 31.0 Å². The molecule has 1 heterocycles. The first kappa shape index (κ1) is 18.1. The van der Waals surface area contributed by atoms with Gasteiger partial charge in [-0.2, -0.15) is 0 Å². The molecule has 1 aromatic rings. The lowest BCUT2D eigenvalue weighted by molar-refractivity contribution is -0.141. The zero-order valence-electron chi connectivity index (χ0n) is 13.4. The predicted octanol–water partition coefficient (Wildman–Crippen LogP) is 1.59. The molecule has 130 valence electrons. The molecule has 1 amide bonds. The quantitative estimate of drug-likeness (QED) is 0.767. The number of aryl methyl sites for hydroxylation is 1.